The Morgan fingerprint density at radius 2 is 2.11 bits per heavy atom. The largest absolute Gasteiger partial charge is 0.383 e. The van der Waals surface area contributed by atoms with Crippen LogP contribution in [0.5, 0.6) is 0 Å². The molecule has 1 aliphatic carbocycles. The molecule has 0 aromatic heterocycles. The summed E-state index contributed by atoms with van der Waals surface area (Å²) in [5.74, 6) is 0.140. The molecule has 1 aromatic carbocycles. The second kappa shape index (κ2) is 6.53. The monoisotopic (exact) mass is 325 g/mol. The van der Waals surface area contributed by atoms with Crippen LogP contribution in [0.2, 0.25) is 0 Å². The van der Waals surface area contributed by atoms with Crippen LogP contribution < -0.4 is 5.32 Å². The molecule has 1 unspecified atom stereocenters. The van der Waals surface area contributed by atoms with E-state index < -0.39 is 0 Å². The van der Waals surface area contributed by atoms with Crippen LogP contribution in [0.25, 0.3) is 0 Å². The van der Waals surface area contributed by atoms with E-state index in [1.807, 2.05) is 30.3 Å². The molecule has 4 heteroatoms. The minimum absolute atomic E-state index is 0.0815. The van der Waals surface area contributed by atoms with Gasteiger partial charge in [0.1, 0.15) is 0 Å². The first-order valence-electron chi connectivity index (χ1n) is 6.64. The van der Waals surface area contributed by atoms with E-state index >= 15 is 0 Å². The quantitative estimate of drug-likeness (QED) is 0.783. The maximum Gasteiger partial charge on any atom is 0.230 e. The summed E-state index contributed by atoms with van der Waals surface area (Å²) < 4.78 is 5.16. The van der Waals surface area contributed by atoms with Gasteiger partial charge < -0.3 is 10.1 Å². The summed E-state index contributed by atoms with van der Waals surface area (Å²) in [6.45, 7) is 0.558. The molecule has 1 atom stereocenters. The number of hydrogen-bond acceptors (Lipinski definition) is 2. The number of hydrogen-bond donors (Lipinski definition) is 1. The molecule has 3 nitrogen and oxygen atoms in total. The molecule has 0 spiro atoms. The van der Waals surface area contributed by atoms with Crippen molar-refractivity contribution in [3.63, 3.8) is 0 Å². The zero-order valence-corrected chi connectivity index (χ0v) is 12.8. The van der Waals surface area contributed by atoms with Crippen molar-refractivity contribution in [1.82, 2.24) is 5.32 Å². The van der Waals surface area contributed by atoms with Gasteiger partial charge in [0.15, 0.2) is 0 Å². The molecule has 1 amide bonds. The molecule has 0 saturated heterocycles. The van der Waals surface area contributed by atoms with E-state index in [1.165, 1.54) is 0 Å². The highest BCUT2D eigenvalue weighted by Crippen LogP contribution is 2.48. The van der Waals surface area contributed by atoms with Crippen molar-refractivity contribution in [3.8, 4) is 0 Å². The smallest absolute Gasteiger partial charge is 0.230 e. The standard InChI is InChI=1S/C15H20BrNO2/c1-19-11-13(7-10-16)17-14(18)15(8-9-15)12-5-3-2-4-6-12/h2-6,13H,7-11H2,1H3,(H,17,18). The fraction of sp³-hybridized carbons (Fsp3) is 0.533. The van der Waals surface area contributed by atoms with E-state index in [0.29, 0.717) is 6.61 Å². The molecular formula is C15H20BrNO2. The van der Waals surface area contributed by atoms with Gasteiger partial charge in [0.25, 0.3) is 0 Å². The number of amides is 1. The second-order valence-corrected chi connectivity index (χ2v) is 5.84. The molecule has 19 heavy (non-hydrogen) atoms. The Labute approximate surface area is 122 Å². The molecule has 0 heterocycles. The van der Waals surface area contributed by atoms with E-state index in [1.54, 1.807) is 7.11 Å². The van der Waals surface area contributed by atoms with Crippen LogP contribution in [0.3, 0.4) is 0 Å². The number of halogens is 1. The predicted molar refractivity (Wildman–Crippen MR) is 79.6 cm³/mol. The number of rotatable bonds is 7. The summed E-state index contributed by atoms with van der Waals surface area (Å²) in [5, 5.41) is 3.99. The van der Waals surface area contributed by atoms with Crippen LogP contribution in [-0.4, -0.2) is 31.0 Å². The van der Waals surface area contributed by atoms with E-state index in [2.05, 4.69) is 21.2 Å². The Hall–Kier alpha value is -0.870. The highest BCUT2D eigenvalue weighted by molar-refractivity contribution is 9.09. The van der Waals surface area contributed by atoms with Crippen LogP contribution in [0, 0.1) is 0 Å². The Kier molecular flexibility index (Phi) is 4.99. The molecule has 0 radical (unpaired) electrons. The number of alkyl halides is 1. The summed E-state index contributed by atoms with van der Waals surface area (Å²) >= 11 is 3.41. The fourth-order valence-electron chi connectivity index (χ4n) is 2.38. The van der Waals surface area contributed by atoms with Gasteiger partial charge in [0, 0.05) is 12.4 Å². The second-order valence-electron chi connectivity index (χ2n) is 5.05. The number of carbonyl (C=O) groups excluding carboxylic acids is 1. The van der Waals surface area contributed by atoms with E-state index in [-0.39, 0.29) is 17.4 Å². The lowest BCUT2D eigenvalue weighted by Crippen LogP contribution is -2.43. The third-order valence-electron chi connectivity index (χ3n) is 3.67. The fourth-order valence-corrected chi connectivity index (χ4v) is 2.94. The van der Waals surface area contributed by atoms with Crippen molar-refractivity contribution < 1.29 is 9.53 Å². The van der Waals surface area contributed by atoms with E-state index in [4.69, 9.17) is 4.74 Å². The van der Waals surface area contributed by atoms with Gasteiger partial charge in [-0.05, 0) is 24.8 Å². The van der Waals surface area contributed by atoms with Crippen LogP contribution >= 0.6 is 15.9 Å². The summed E-state index contributed by atoms with van der Waals surface area (Å²) in [6, 6.07) is 10.1. The van der Waals surface area contributed by atoms with E-state index in [0.717, 1.165) is 30.2 Å². The third kappa shape index (κ3) is 3.37. The van der Waals surface area contributed by atoms with Gasteiger partial charge in [-0.15, -0.1) is 0 Å². The van der Waals surface area contributed by atoms with Crippen molar-refractivity contribution in [1.29, 1.82) is 0 Å². The molecule has 1 saturated carbocycles. The highest BCUT2D eigenvalue weighted by Gasteiger charge is 2.51. The van der Waals surface area contributed by atoms with Gasteiger partial charge in [0.2, 0.25) is 5.91 Å². The third-order valence-corrected chi connectivity index (χ3v) is 4.13. The maximum absolute atomic E-state index is 12.5. The minimum Gasteiger partial charge on any atom is -0.383 e. The van der Waals surface area contributed by atoms with Crippen molar-refractivity contribution in [2.24, 2.45) is 0 Å². The van der Waals surface area contributed by atoms with Crippen molar-refractivity contribution >= 4 is 21.8 Å². The first-order chi connectivity index (χ1) is 9.23. The number of benzene rings is 1. The minimum atomic E-state index is -0.292. The highest BCUT2D eigenvalue weighted by atomic mass is 79.9. The van der Waals surface area contributed by atoms with Gasteiger partial charge in [0.05, 0.1) is 18.1 Å². The zero-order valence-electron chi connectivity index (χ0n) is 11.2. The van der Waals surface area contributed by atoms with Gasteiger partial charge in [-0.2, -0.15) is 0 Å². The lowest BCUT2D eigenvalue weighted by Gasteiger charge is -2.21. The number of ether oxygens (including phenoxy) is 1. The first-order valence-corrected chi connectivity index (χ1v) is 7.76. The summed E-state index contributed by atoms with van der Waals surface area (Å²) in [4.78, 5) is 12.5. The van der Waals surface area contributed by atoms with Crippen LogP contribution in [0.15, 0.2) is 30.3 Å². The Balaban J connectivity index is 2.03. The summed E-state index contributed by atoms with van der Waals surface area (Å²) in [6.07, 6.45) is 2.76. The van der Waals surface area contributed by atoms with Crippen molar-refractivity contribution in [2.45, 2.75) is 30.7 Å². The number of carbonyl (C=O) groups is 1. The number of nitrogens with one attached hydrogen (secondary N) is 1. The molecule has 1 aromatic rings. The summed E-state index contributed by atoms with van der Waals surface area (Å²) in [5.41, 5.74) is 0.835. The maximum atomic E-state index is 12.5. The summed E-state index contributed by atoms with van der Waals surface area (Å²) in [7, 11) is 1.66. The normalized spacial score (nSPS) is 17.8. The molecule has 1 N–H and O–H groups in total. The lowest BCUT2D eigenvalue weighted by atomic mass is 9.94. The van der Waals surface area contributed by atoms with Crippen molar-refractivity contribution in [2.75, 3.05) is 19.0 Å². The molecule has 1 aliphatic rings. The lowest BCUT2D eigenvalue weighted by molar-refractivity contribution is -0.124. The van der Waals surface area contributed by atoms with Crippen LogP contribution in [0.1, 0.15) is 24.8 Å². The molecule has 0 bridgehead atoms. The Morgan fingerprint density at radius 3 is 2.63 bits per heavy atom. The Morgan fingerprint density at radius 1 is 1.42 bits per heavy atom. The molecule has 104 valence electrons. The number of methoxy groups -OCH3 is 1. The van der Waals surface area contributed by atoms with E-state index in [9.17, 15) is 4.79 Å². The zero-order chi connectivity index (χ0) is 13.7. The topological polar surface area (TPSA) is 38.3 Å². The van der Waals surface area contributed by atoms with Gasteiger partial charge in [-0.25, -0.2) is 0 Å². The van der Waals surface area contributed by atoms with Gasteiger partial charge >= 0.3 is 0 Å². The van der Waals surface area contributed by atoms with Crippen LogP contribution in [0.4, 0.5) is 0 Å². The molecular weight excluding hydrogens is 306 g/mol. The average Bonchev–Trinajstić information content (AvgIpc) is 3.22. The predicted octanol–water partition coefficient (Wildman–Crippen LogP) is 2.63. The molecule has 0 aliphatic heterocycles. The van der Waals surface area contributed by atoms with Gasteiger partial charge in [-0.3, -0.25) is 4.79 Å². The van der Waals surface area contributed by atoms with Crippen LogP contribution in [-0.2, 0) is 14.9 Å². The average molecular weight is 326 g/mol. The SMILES string of the molecule is COCC(CCBr)NC(=O)C1(c2ccccc2)CC1. The molecule has 1 fully saturated rings. The Bertz CT molecular complexity index is 411. The molecule has 2 rings (SSSR count). The first kappa shape index (κ1) is 14.5. The van der Waals surface area contributed by atoms with Crippen molar-refractivity contribution in [3.05, 3.63) is 35.9 Å². The van der Waals surface area contributed by atoms with Gasteiger partial charge in [-0.1, -0.05) is 46.3 Å².